The molecule has 2 aliphatic heterocycles. The van der Waals surface area contributed by atoms with Gasteiger partial charge in [0.25, 0.3) is 0 Å². The number of hydrogen-bond donors (Lipinski definition) is 2. The van der Waals surface area contributed by atoms with Crippen molar-refractivity contribution in [2.24, 2.45) is 5.41 Å². The Morgan fingerprint density at radius 2 is 1.82 bits per heavy atom. The molecule has 7 nitrogen and oxygen atoms in total. The molecule has 0 aliphatic carbocycles. The van der Waals surface area contributed by atoms with E-state index in [4.69, 9.17) is 9.47 Å². The number of nitrogens with one attached hydrogen (secondary N) is 2. The summed E-state index contributed by atoms with van der Waals surface area (Å²) in [5.41, 5.74) is 1.21. The van der Waals surface area contributed by atoms with Gasteiger partial charge in [-0.15, -0.1) is 12.4 Å². The molecule has 2 saturated heterocycles. The van der Waals surface area contributed by atoms with Crippen LogP contribution in [-0.2, 0) is 25.5 Å². The fourth-order valence-electron chi connectivity index (χ4n) is 3.69. The van der Waals surface area contributed by atoms with E-state index in [-0.39, 0.29) is 24.2 Å². The van der Waals surface area contributed by atoms with Crippen LogP contribution in [0.1, 0.15) is 18.4 Å². The third-order valence-electron chi connectivity index (χ3n) is 5.39. The van der Waals surface area contributed by atoms with E-state index in [9.17, 15) is 9.59 Å². The van der Waals surface area contributed by atoms with Gasteiger partial charge >= 0.3 is 0 Å². The lowest BCUT2D eigenvalue weighted by Gasteiger charge is -2.35. The smallest absolute Gasteiger partial charge is 0.233 e. The van der Waals surface area contributed by atoms with Crippen LogP contribution in [0.3, 0.4) is 0 Å². The molecule has 2 N–H and O–H groups in total. The van der Waals surface area contributed by atoms with Gasteiger partial charge in [0.2, 0.25) is 11.8 Å². The van der Waals surface area contributed by atoms with Crippen LogP contribution in [0, 0.1) is 5.41 Å². The summed E-state index contributed by atoms with van der Waals surface area (Å²) in [5.74, 6) is 0.117. The van der Waals surface area contributed by atoms with E-state index < -0.39 is 5.41 Å². The molecule has 0 bridgehead atoms. The molecule has 2 fully saturated rings. The molecule has 28 heavy (non-hydrogen) atoms. The molecule has 2 amide bonds. The van der Waals surface area contributed by atoms with Crippen LogP contribution in [0.5, 0.6) is 0 Å². The SMILES string of the molecule is COCC1(C(=O)Nc2ccc(CC(=O)N3CCOCC3)cc2)CCNCC1.Cl. The maximum absolute atomic E-state index is 12.9. The lowest BCUT2D eigenvalue weighted by molar-refractivity contribution is -0.134. The maximum atomic E-state index is 12.9. The van der Waals surface area contributed by atoms with Crippen molar-refractivity contribution in [2.45, 2.75) is 19.3 Å². The van der Waals surface area contributed by atoms with E-state index in [0.29, 0.717) is 39.3 Å². The number of hydrogen-bond acceptors (Lipinski definition) is 5. The Balaban J connectivity index is 0.00000280. The minimum Gasteiger partial charge on any atom is -0.384 e. The molecule has 1 aromatic carbocycles. The number of amides is 2. The monoisotopic (exact) mass is 411 g/mol. The van der Waals surface area contributed by atoms with Gasteiger partial charge in [0.05, 0.1) is 31.7 Å². The Morgan fingerprint density at radius 3 is 2.43 bits per heavy atom. The Bertz CT molecular complexity index is 636. The van der Waals surface area contributed by atoms with E-state index in [1.807, 2.05) is 29.2 Å². The second kappa shape index (κ2) is 10.8. The number of halogens is 1. The highest BCUT2D eigenvalue weighted by Gasteiger charge is 2.39. The second-order valence-electron chi connectivity index (χ2n) is 7.28. The van der Waals surface area contributed by atoms with Gasteiger partial charge in [-0.1, -0.05) is 12.1 Å². The van der Waals surface area contributed by atoms with E-state index in [1.165, 1.54) is 0 Å². The predicted molar refractivity (Wildman–Crippen MR) is 110 cm³/mol. The number of carbonyl (C=O) groups is 2. The number of benzene rings is 1. The van der Waals surface area contributed by atoms with Crippen molar-refractivity contribution >= 4 is 29.9 Å². The number of morpholine rings is 1. The fourth-order valence-corrected chi connectivity index (χ4v) is 3.69. The first kappa shape index (κ1) is 22.6. The van der Waals surface area contributed by atoms with Crippen molar-refractivity contribution in [3.8, 4) is 0 Å². The highest BCUT2D eigenvalue weighted by molar-refractivity contribution is 5.95. The van der Waals surface area contributed by atoms with Gasteiger partial charge in [-0.2, -0.15) is 0 Å². The highest BCUT2D eigenvalue weighted by Crippen LogP contribution is 2.31. The molecule has 2 heterocycles. The highest BCUT2D eigenvalue weighted by atomic mass is 35.5. The molecule has 1 aromatic rings. The third kappa shape index (κ3) is 5.67. The Morgan fingerprint density at radius 1 is 1.18 bits per heavy atom. The summed E-state index contributed by atoms with van der Waals surface area (Å²) in [6.45, 7) is 4.59. The Kier molecular flexibility index (Phi) is 8.69. The van der Waals surface area contributed by atoms with Crippen LogP contribution in [-0.4, -0.2) is 69.8 Å². The number of methoxy groups -OCH3 is 1. The van der Waals surface area contributed by atoms with Gasteiger partial charge in [-0.05, 0) is 43.6 Å². The standard InChI is InChI=1S/C20H29N3O4.ClH/c1-26-15-20(6-8-21-9-7-20)19(25)22-17-4-2-16(3-5-17)14-18(24)23-10-12-27-13-11-23;/h2-5,21H,6-15H2,1H3,(H,22,25);1H. The first-order valence-corrected chi connectivity index (χ1v) is 9.58. The zero-order chi connectivity index (χ0) is 19.1. The fraction of sp³-hybridized carbons (Fsp3) is 0.600. The second-order valence-corrected chi connectivity index (χ2v) is 7.28. The van der Waals surface area contributed by atoms with Crippen LogP contribution in [0.2, 0.25) is 0 Å². The van der Waals surface area contributed by atoms with Crippen LogP contribution >= 0.6 is 12.4 Å². The summed E-state index contributed by atoms with van der Waals surface area (Å²) in [4.78, 5) is 27.0. The molecule has 3 rings (SSSR count). The summed E-state index contributed by atoms with van der Waals surface area (Å²) < 4.78 is 10.6. The van der Waals surface area contributed by atoms with Crippen LogP contribution in [0.4, 0.5) is 5.69 Å². The van der Waals surface area contributed by atoms with E-state index >= 15 is 0 Å². The van der Waals surface area contributed by atoms with Gasteiger partial charge < -0.3 is 25.0 Å². The van der Waals surface area contributed by atoms with E-state index in [1.54, 1.807) is 7.11 Å². The van der Waals surface area contributed by atoms with Crippen molar-refractivity contribution in [2.75, 3.05) is 58.4 Å². The minimum absolute atomic E-state index is 0. The van der Waals surface area contributed by atoms with Gasteiger partial charge in [0.15, 0.2) is 0 Å². The lowest BCUT2D eigenvalue weighted by atomic mass is 9.78. The minimum atomic E-state index is -0.481. The first-order valence-electron chi connectivity index (χ1n) is 9.58. The molecule has 0 radical (unpaired) electrons. The Hall–Kier alpha value is -1.67. The van der Waals surface area contributed by atoms with Crippen molar-refractivity contribution < 1.29 is 19.1 Å². The van der Waals surface area contributed by atoms with Crippen LogP contribution in [0.25, 0.3) is 0 Å². The van der Waals surface area contributed by atoms with Crippen LogP contribution < -0.4 is 10.6 Å². The molecule has 0 saturated carbocycles. The molecular weight excluding hydrogens is 382 g/mol. The normalized spacial score (nSPS) is 18.8. The molecule has 156 valence electrons. The average Bonchev–Trinajstić information content (AvgIpc) is 2.71. The van der Waals surface area contributed by atoms with Gasteiger partial charge in [0, 0.05) is 25.9 Å². The molecule has 0 aromatic heterocycles. The van der Waals surface area contributed by atoms with Crippen molar-refractivity contribution in [3.63, 3.8) is 0 Å². The molecular formula is C20H30ClN3O4. The van der Waals surface area contributed by atoms with Crippen molar-refractivity contribution in [1.82, 2.24) is 10.2 Å². The van der Waals surface area contributed by atoms with Crippen molar-refractivity contribution in [1.29, 1.82) is 0 Å². The summed E-state index contributed by atoms with van der Waals surface area (Å²) >= 11 is 0. The quantitative estimate of drug-likeness (QED) is 0.740. The number of ether oxygens (including phenoxy) is 2. The first-order chi connectivity index (χ1) is 13.1. The summed E-state index contributed by atoms with van der Waals surface area (Å²) in [5, 5.41) is 6.31. The van der Waals surface area contributed by atoms with Gasteiger partial charge in [-0.3, -0.25) is 9.59 Å². The third-order valence-corrected chi connectivity index (χ3v) is 5.39. The Labute approximate surface area is 172 Å². The van der Waals surface area contributed by atoms with Gasteiger partial charge in [-0.25, -0.2) is 0 Å². The zero-order valence-corrected chi connectivity index (χ0v) is 17.2. The number of carbonyl (C=O) groups excluding carboxylic acids is 2. The van der Waals surface area contributed by atoms with Crippen molar-refractivity contribution in [3.05, 3.63) is 29.8 Å². The summed E-state index contributed by atoms with van der Waals surface area (Å²) in [6.07, 6.45) is 1.89. The topological polar surface area (TPSA) is 79.9 Å². The average molecular weight is 412 g/mol. The van der Waals surface area contributed by atoms with Crippen LogP contribution in [0.15, 0.2) is 24.3 Å². The lowest BCUT2D eigenvalue weighted by Crippen LogP contribution is -2.47. The molecule has 0 spiro atoms. The molecule has 8 heteroatoms. The van der Waals surface area contributed by atoms with E-state index in [2.05, 4.69) is 10.6 Å². The summed E-state index contributed by atoms with van der Waals surface area (Å²) in [6, 6.07) is 7.53. The van der Waals surface area contributed by atoms with Gasteiger partial charge in [0.1, 0.15) is 0 Å². The molecule has 2 aliphatic rings. The number of anilines is 1. The predicted octanol–water partition coefficient (Wildman–Crippen LogP) is 1.46. The summed E-state index contributed by atoms with van der Waals surface area (Å²) in [7, 11) is 1.64. The number of piperidine rings is 1. The maximum Gasteiger partial charge on any atom is 0.233 e. The molecule has 0 atom stereocenters. The number of nitrogens with zero attached hydrogens (tertiary/aromatic N) is 1. The number of rotatable bonds is 6. The zero-order valence-electron chi connectivity index (χ0n) is 16.4. The van der Waals surface area contributed by atoms with E-state index in [0.717, 1.165) is 37.2 Å². The molecule has 0 unspecified atom stereocenters. The largest absolute Gasteiger partial charge is 0.384 e.